The summed E-state index contributed by atoms with van der Waals surface area (Å²) in [6, 6.07) is 6.37. The van der Waals surface area contributed by atoms with Gasteiger partial charge in [-0.2, -0.15) is 0 Å². The summed E-state index contributed by atoms with van der Waals surface area (Å²) in [5.41, 5.74) is 4.87. The smallest absolute Gasteiger partial charge is 0.306 e. The third-order valence-electron chi connectivity index (χ3n) is 2.31. The van der Waals surface area contributed by atoms with Crippen molar-refractivity contribution in [2.75, 3.05) is 12.3 Å². The van der Waals surface area contributed by atoms with E-state index in [-0.39, 0.29) is 6.54 Å². The number of anilines is 1. The van der Waals surface area contributed by atoms with Crippen molar-refractivity contribution in [2.45, 2.75) is 18.9 Å². The van der Waals surface area contributed by atoms with Crippen LogP contribution in [0.4, 0.5) is 5.69 Å². The number of aliphatic carboxylic acids is 1. The quantitative estimate of drug-likeness (QED) is 0.560. The van der Waals surface area contributed by atoms with Crippen LogP contribution in [0.1, 0.15) is 23.7 Å². The fourth-order valence-corrected chi connectivity index (χ4v) is 1.44. The molecule has 0 aliphatic carbocycles. The first-order valence-corrected chi connectivity index (χ1v) is 5.38. The van der Waals surface area contributed by atoms with Crippen LogP contribution in [-0.4, -0.2) is 34.2 Å². The molecule has 1 atom stereocenters. The van der Waals surface area contributed by atoms with Crippen molar-refractivity contribution in [3.8, 4) is 0 Å². The van der Waals surface area contributed by atoms with Crippen molar-refractivity contribution in [3.05, 3.63) is 29.8 Å². The van der Waals surface area contributed by atoms with Crippen molar-refractivity contribution < 1.29 is 19.8 Å². The number of hydrogen-bond donors (Lipinski definition) is 4. The minimum atomic E-state index is -1.48. The molecule has 1 aromatic rings. The first kappa shape index (κ1) is 14.0. The van der Waals surface area contributed by atoms with Gasteiger partial charge in [0.2, 0.25) is 0 Å². The molecular formula is C12H16N2O4. The van der Waals surface area contributed by atoms with Gasteiger partial charge in [-0.15, -0.1) is 0 Å². The van der Waals surface area contributed by atoms with Gasteiger partial charge in [0.15, 0.2) is 0 Å². The average Bonchev–Trinajstić information content (AvgIpc) is 2.24. The molecule has 0 fully saturated rings. The van der Waals surface area contributed by atoms with Gasteiger partial charge in [0.1, 0.15) is 0 Å². The second-order valence-electron chi connectivity index (χ2n) is 4.38. The molecule has 0 spiro atoms. The van der Waals surface area contributed by atoms with Gasteiger partial charge in [-0.1, -0.05) is 6.07 Å². The Labute approximate surface area is 104 Å². The third-order valence-corrected chi connectivity index (χ3v) is 2.31. The van der Waals surface area contributed by atoms with E-state index in [1.54, 1.807) is 18.2 Å². The highest BCUT2D eigenvalue weighted by Gasteiger charge is 2.24. The van der Waals surface area contributed by atoms with Gasteiger partial charge in [0.25, 0.3) is 5.91 Å². The summed E-state index contributed by atoms with van der Waals surface area (Å²) in [4.78, 5) is 22.2. The Morgan fingerprint density at radius 3 is 2.67 bits per heavy atom. The van der Waals surface area contributed by atoms with Crippen LogP contribution in [0.2, 0.25) is 0 Å². The SMILES string of the molecule is CC(O)(CNC(=O)c1cccc(N)c1)CC(=O)O. The first-order valence-electron chi connectivity index (χ1n) is 5.38. The lowest BCUT2D eigenvalue weighted by Crippen LogP contribution is -2.42. The molecule has 0 aromatic heterocycles. The van der Waals surface area contributed by atoms with Gasteiger partial charge in [-0.25, -0.2) is 0 Å². The van der Waals surface area contributed by atoms with E-state index in [1.165, 1.54) is 13.0 Å². The molecule has 6 heteroatoms. The normalized spacial score (nSPS) is 13.7. The second kappa shape index (κ2) is 5.50. The minimum Gasteiger partial charge on any atom is -0.481 e. The lowest BCUT2D eigenvalue weighted by molar-refractivity contribution is -0.141. The zero-order valence-electron chi connectivity index (χ0n) is 10.0. The number of aliphatic hydroxyl groups is 1. The molecule has 0 heterocycles. The van der Waals surface area contributed by atoms with E-state index in [4.69, 9.17) is 10.8 Å². The molecule has 0 aliphatic rings. The van der Waals surface area contributed by atoms with E-state index in [9.17, 15) is 14.7 Å². The highest BCUT2D eigenvalue weighted by atomic mass is 16.4. The molecule has 0 bridgehead atoms. The van der Waals surface area contributed by atoms with Crippen molar-refractivity contribution >= 4 is 17.6 Å². The Bertz CT molecular complexity index is 457. The number of nitrogens with one attached hydrogen (secondary N) is 1. The number of benzene rings is 1. The monoisotopic (exact) mass is 252 g/mol. The molecule has 98 valence electrons. The standard InChI is InChI=1S/C12H16N2O4/c1-12(18,6-10(15)16)7-14-11(17)8-3-2-4-9(13)5-8/h2-5,18H,6-7,13H2,1H3,(H,14,17)(H,15,16). The number of rotatable bonds is 5. The minimum absolute atomic E-state index is 0.146. The third kappa shape index (κ3) is 4.42. The zero-order chi connectivity index (χ0) is 13.8. The Balaban J connectivity index is 2.58. The van der Waals surface area contributed by atoms with E-state index in [0.29, 0.717) is 11.3 Å². The zero-order valence-corrected chi connectivity index (χ0v) is 10.0. The van der Waals surface area contributed by atoms with Gasteiger partial charge in [-0.3, -0.25) is 9.59 Å². The number of carboxylic acid groups (broad SMARTS) is 1. The Morgan fingerprint density at radius 1 is 1.44 bits per heavy atom. The predicted molar refractivity (Wildman–Crippen MR) is 66.1 cm³/mol. The summed E-state index contributed by atoms with van der Waals surface area (Å²) in [5, 5.41) is 20.8. The van der Waals surface area contributed by atoms with Crippen LogP contribution in [0.5, 0.6) is 0 Å². The predicted octanol–water partition coefficient (Wildman–Crippen LogP) is 0.224. The molecule has 0 radical (unpaired) electrons. The molecular weight excluding hydrogens is 236 g/mol. The number of amides is 1. The first-order chi connectivity index (χ1) is 8.30. The Hall–Kier alpha value is -2.08. The summed E-state index contributed by atoms with van der Waals surface area (Å²) in [6.45, 7) is 1.20. The molecule has 1 rings (SSSR count). The van der Waals surface area contributed by atoms with E-state index in [0.717, 1.165) is 0 Å². The van der Waals surface area contributed by atoms with E-state index >= 15 is 0 Å². The van der Waals surface area contributed by atoms with Crippen molar-refractivity contribution in [1.82, 2.24) is 5.32 Å². The van der Waals surface area contributed by atoms with Crippen molar-refractivity contribution in [2.24, 2.45) is 0 Å². The highest BCUT2D eigenvalue weighted by molar-refractivity contribution is 5.95. The van der Waals surface area contributed by atoms with E-state index in [2.05, 4.69) is 5.32 Å². The maximum Gasteiger partial charge on any atom is 0.306 e. The summed E-state index contributed by atoms with van der Waals surface area (Å²) in [5.74, 6) is -1.54. The van der Waals surface area contributed by atoms with Crippen LogP contribution in [0.3, 0.4) is 0 Å². The van der Waals surface area contributed by atoms with Crippen LogP contribution < -0.4 is 11.1 Å². The molecule has 0 saturated carbocycles. The molecule has 1 amide bonds. The van der Waals surface area contributed by atoms with Crippen molar-refractivity contribution in [3.63, 3.8) is 0 Å². The molecule has 1 unspecified atom stereocenters. The molecule has 0 saturated heterocycles. The van der Waals surface area contributed by atoms with Gasteiger partial charge in [-0.05, 0) is 25.1 Å². The average molecular weight is 252 g/mol. The molecule has 6 nitrogen and oxygen atoms in total. The van der Waals surface area contributed by atoms with Gasteiger partial charge in [0, 0.05) is 17.8 Å². The number of carbonyl (C=O) groups is 2. The topological polar surface area (TPSA) is 113 Å². The molecule has 1 aromatic carbocycles. The number of hydrogen-bond acceptors (Lipinski definition) is 4. The number of carbonyl (C=O) groups excluding carboxylic acids is 1. The lowest BCUT2D eigenvalue weighted by atomic mass is 10.0. The van der Waals surface area contributed by atoms with Gasteiger partial charge in [0.05, 0.1) is 12.0 Å². The largest absolute Gasteiger partial charge is 0.481 e. The maximum atomic E-state index is 11.7. The summed E-state index contributed by atoms with van der Waals surface area (Å²) in [7, 11) is 0. The van der Waals surface area contributed by atoms with Crippen LogP contribution in [0.25, 0.3) is 0 Å². The van der Waals surface area contributed by atoms with Crippen molar-refractivity contribution in [1.29, 1.82) is 0 Å². The maximum absolute atomic E-state index is 11.7. The van der Waals surface area contributed by atoms with Crippen LogP contribution >= 0.6 is 0 Å². The Kier molecular flexibility index (Phi) is 4.28. The highest BCUT2D eigenvalue weighted by Crippen LogP contribution is 2.09. The van der Waals surface area contributed by atoms with Gasteiger partial charge < -0.3 is 21.3 Å². The van der Waals surface area contributed by atoms with E-state index in [1.807, 2.05) is 0 Å². The van der Waals surface area contributed by atoms with E-state index < -0.39 is 23.9 Å². The van der Waals surface area contributed by atoms with Crippen LogP contribution in [0, 0.1) is 0 Å². The summed E-state index contributed by atoms with van der Waals surface area (Å²) < 4.78 is 0. The Morgan fingerprint density at radius 2 is 2.11 bits per heavy atom. The number of nitrogen functional groups attached to an aromatic ring is 1. The lowest BCUT2D eigenvalue weighted by Gasteiger charge is -2.21. The molecule has 18 heavy (non-hydrogen) atoms. The summed E-state index contributed by atoms with van der Waals surface area (Å²) in [6.07, 6.45) is -0.440. The van der Waals surface area contributed by atoms with Crippen LogP contribution in [0.15, 0.2) is 24.3 Å². The molecule has 0 aliphatic heterocycles. The number of nitrogens with two attached hydrogens (primary N) is 1. The van der Waals surface area contributed by atoms with Crippen LogP contribution in [-0.2, 0) is 4.79 Å². The fourth-order valence-electron chi connectivity index (χ4n) is 1.44. The second-order valence-corrected chi connectivity index (χ2v) is 4.38. The number of carboxylic acids is 1. The summed E-state index contributed by atoms with van der Waals surface area (Å²) >= 11 is 0. The van der Waals surface area contributed by atoms with Gasteiger partial charge >= 0.3 is 5.97 Å². The molecule has 5 N–H and O–H groups in total. The fraction of sp³-hybridized carbons (Fsp3) is 0.333.